The van der Waals surface area contributed by atoms with Crippen molar-refractivity contribution in [3.63, 3.8) is 0 Å². The summed E-state index contributed by atoms with van der Waals surface area (Å²) in [4.78, 5) is 14.4. The van der Waals surface area contributed by atoms with Crippen LogP contribution in [0.25, 0.3) is 0 Å². The fourth-order valence-corrected chi connectivity index (χ4v) is 2.69. The molecule has 1 heterocycles. The van der Waals surface area contributed by atoms with Crippen LogP contribution in [0.15, 0.2) is 24.3 Å². The van der Waals surface area contributed by atoms with Gasteiger partial charge in [0.05, 0.1) is 19.7 Å². The molecule has 0 bridgehead atoms. The molecular weight excluding hydrogens is 266 g/mol. The molecule has 1 unspecified atom stereocenters. The molecular formula is C16H25N3O2. The molecule has 0 saturated carbocycles. The van der Waals surface area contributed by atoms with Crippen LogP contribution in [0.3, 0.4) is 0 Å². The monoisotopic (exact) mass is 291 g/mol. The highest BCUT2D eigenvalue weighted by molar-refractivity contribution is 5.78. The number of carbonyl (C=O) groups is 1. The Kier molecular flexibility index (Phi) is 5.59. The normalized spacial score (nSPS) is 20.8. The number of hydrogen-bond donors (Lipinski definition) is 2. The molecule has 5 nitrogen and oxygen atoms in total. The van der Waals surface area contributed by atoms with Gasteiger partial charge in [0.15, 0.2) is 0 Å². The van der Waals surface area contributed by atoms with Crippen LogP contribution in [0.4, 0.5) is 0 Å². The van der Waals surface area contributed by atoms with Crippen molar-refractivity contribution >= 4 is 5.91 Å². The van der Waals surface area contributed by atoms with Gasteiger partial charge < -0.3 is 15.4 Å². The van der Waals surface area contributed by atoms with E-state index in [2.05, 4.69) is 22.5 Å². The third-order valence-electron chi connectivity index (χ3n) is 3.97. The summed E-state index contributed by atoms with van der Waals surface area (Å²) in [6.45, 7) is 7.37. The lowest BCUT2D eigenvalue weighted by Crippen LogP contribution is -2.52. The SMILES string of the molecule is COc1ccccc1C(C)NC(=O)CN1CCNC[C@@H]1C. The number of rotatable bonds is 5. The van der Waals surface area contributed by atoms with Crippen LogP contribution in [0.5, 0.6) is 5.75 Å². The predicted molar refractivity (Wildman–Crippen MR) is 83.5 cm³/mol. The van der Waals surface area contributed by atoms with E-state index in [0.29, 0.717) is 12.6 Å². The second-order valence-electron chi connectivity index (χ2n) is 5.55. The van der Waals surface area contributed by atoms with Crippen molar-refractivity contribution in [3.8, 4) is 5.75 Å². The van der Waals surface area contributed by atoms with Crippen molar-refractivity contribution in [2.75, 3.05) is 33.3 Å². The fourth-order valence-electron chi connectivity index (χ4n) is 2.69. The summed E-state index contributed by atoms with van der Waals surface area (Å²) in [5.41, 5.74) is 1.00. The molecule has 21 heavy (non-hydrogen) atoms. The molecule has 1 fully saturated rings. The van der Waals surface area contributed by atoms with Gasteiger partial charge in [-0.2, -0.15) is 0 Å². The van der Waals surface area contributed by atoms with Crippen molar-refractivity contribution in [1.29, 1.82) is 0 Å². The van der Waals surface area contributed by atoms with Crippen LogP contribution in [0.2, 0.25) is 0 Å². The van der Waals surface area contributed by atoms with E-state index >= 15 is 0 Å². The Bertz CT molecular complexity index is 478. The lowest BCUT2D eigenvalue weighted by atomic mass is 10.1. The summed E-state index contributed by atoms with van der Waals surface area (Å²) in [7, 11) is 1.65. The lowest BCUT2D eigenvalue weighted by molar-refractivity contribution is -0.123. The van der Waals surface area contributed by atoms with Crippen LogP contribution in [-0.2, 0) is 4.79 Å². The Morgan fingerprint density at radius 2 is 2.29 bits per heavy atom. The maximum Gasteiger partial charge on any atom is 0.234 e. The maximum absolute atomic E-state index is 12.2. The van der Waals surface area contributed by atoms with Gasteiger partial charge in [-0.25, -0.2) is 0 Å². The van der Waals surface area contributed by atoms with Gasteiger partial charge in [0.25, 0.3) is 0 Å². The van der Waals surface area contributed by atoms with Gasteiger partial charge in [-0.1, -0.05) is 18.2 Å². The summed E-state index contributed by atoms with van der Waals surface area (Å²) < 4.78 is 5.35. The minimum atomic E-state index is -0.0631. The number of hydrogen-bond acceptors (Lipinski definition) is 4. The van der Waals surface area contributed by atoms with E-state index in [1.165, 1.54) is 0 Å². The largest absolute Gasteiger partial charge is 0.496 e. The van der Waals surface area contributed by atoms with E-state index in [0.717, 1.165) is 30.9 Å². The smallest absolute Gasteiger partial charge is 0.234 e. The Morgan fingerprint density at radius 3 is 3.00 bits per heavy atom. The molecule has 0 spiro atoms. The molecule has 2 rings (SSSR count). The van der Waals surface area contributed by atoms with E-state index in [9.17, 15) is 4.79 Å². The number of nitrogens with one attached hydrogen (secondary N) is 2. The number of para-hydroxylation sites is 1. The Morgan fingerprint density at radius 1 is 1.52 bits per heavy atom. The molecule has 1 amide bonds. The quantitative estimate of drug-likeness (QED) is 0.855. The van der Waals surface area contributed by atoms with E-state index < -0.39 is 0 Å². The van der Waals surface area contributed by atoms with Gasteiger partial charge in [-0.15, -0.1) is 0 Å². The first-order valence-electron chi connectivity index (χ1n) is 7.49. The first kappa shape index (κ1) is 15.8. The van der Waals surface area contributed by atoms with Gasteiger partial charge in [-0.3, -0.25) is 9.69 Å². The number of methoxy groups -OCH3 is 1. The standard InChI is InChI=1S/C16H25N3O2/c1-12-10-17-8-9-19(12)11-16(20)18-13(2)14-6-4-5-7-15(14)21-3/h4-7,12-13,17H,8-11H2,1-3H3,(H,18,20)/t12-,13?/m0/s1. The van der Waals surface area contributed by atoms with Gasteiger partial charge >= 0.3 is 0 Å². The Hall–Kier alpha value is -1.59. The average Bonchev–Trinajstić information content (AvgIpc) is 2.49. The number of ether oxygens (including phenoxy) is 1. The summed E-state index contributed by atoms with van der Waals surface area (Å²) in [6.07, 6.45) is 0. The van der Waals surface area contributed by atoms with E-state index in [4.69, 9.17) is 4.74 Å². The minimum Gasteiger partial charge on any atom is -0.496 e. The molecule has 0 aliphatic carbocycles. The zero-order valence-electron chi connectivity index (χ0n) is 13.1. The highest BCUT2D eigenvalue weighted by Crippen LogP contribution is 2.24. The van der Waals surface area contributed by atoms with Crippen LogP contribution in [-0.4, -0.2) is 50.1 Å². The molecule has 1 aromatic carbocycles. The molecule has 0 radical (unpaired) electrons. The Balaban J connectivity index is 1.92. The third kappa shape index (κ3) is 4.19. The van der Waals surface area contributed by atoms with Gasteiger partial charge in [-0.05, 0) is 19.9 Å². The first-order chi connectivity index (χ1) is 10.1. The van der Waals surface area contributed by atoms with Crippen LogP contribution in [0, 0.1) is 0 Å². The molecule has 0 aromatic heterocycles. The van der Waals surface area contributed by atoms with Crippen LogP contribution >= 0.6 is 0 Å². The van der Waals surface area contributed by atoms with Crippen molar-refractivity contribution in [3.05, 3.63) is 29.8 Å². The van der Waals surface area contributed by atoms with Crippen molar-refractivity contribution < 1.29 is 9.53 Å². The number of benzene rings is 1. The zero-order valence-corrected chi connectivity index (χ0v) is 13.1. The maximum atomic E-state index is 12.2. The molecule has 1 aromatic rings. The molecule has 1 saturated heterocycles. The van der Waals surface area contributed by atoms with Gasteiger partial charge in [0, 0.05) is 31.2 Å². The number of carbonyl (C=O) groups excluding carboxylic acids is 1. The molecule has 1 aliphatic rings. The van der Waals surface area contributed by atoms with E-state index in [-0.39, 0.29) is 11.9 Å². The van der Waals surface area contributed by atoms with Crippen LogP contribution in [0.1, 0.15) is 25.5 Å². The van der Waals surface area contributed by atoms with E-state index in [1.54, 1.807) is 7.11 Å². The van der Waals surface area contributed by atoms with Crippen LogP contribution < -0.4 is 15.4 Å². The predicted octanol–water partition coefficient (Wildman–Crippen LogP) is 1.17. The number of piperazine rings is 1. The van der Waals surface area contributed by atoms with Gasteiger partial charge in [0.2, 0.25) is 5.91 Å². The zero-order chi connectivity index (χ0) is 15.2. The lowest BCUT2D eigenvalue weighted by Gasteiger charge is -2.33. The van der Waals surface area contributed by atoms with Crippen molar-refractivity contribution in [2.45, 2.75) is 25.9 Å². The minimum absolute atomic E-state index is 0.0576. The fraction of sp³-hybridized carbons (Fsp3) is 0.562. The summed E-state index contributed by atoms with van der Waals surface area (Å²) in [5.74, 6) is 0.864. The highest BCUT2D eigenvalue weighted by Gasteiger charge is 2.21. The summed E-state index contributed by atoms with van der Waals surface area (Å²) >= 11 is 0. The number of nitrogens with zero attached hydrogens (tertiary/aromatic N) is 1. The number of amides is 1. The van der Waals surface area contributed by atoms with Crippen molar-refractivity contribution in [1.82, 2.24) is 15.5 Å². The third-order valence-corrected chi connectivity index (χ3v) is 3.97. The average molecular weight is 291 g/mol. The molecule has 2 atom stereocenters. The highest BCUT2D eigenvalue weighted by atomic mass is 16.5. The second-order valence-corrected chi connectivity index (χ2v) is 5.55. The second kappa shape index (κ2) is 7.43. The molecule has 2 N–H and O–H groups in total. The molecule has 116 valence electrons. The molecule has 1 aliphatic heterocycles. The summed E-state index contributed by atoms with van der Waals surface area (Å²) in [6, 6.07) is 8.11. The van der Waals surface area contributed by atoms with E-state index in [1.807, 2.05) is 31.2 Å². The van der Waals surface area contributed by atoms with Crippen molar-refractivity contribution in [2.24, 2.45) is 0 Å². The molecule has 5 heteroatoms. The topological polar surface area (TPSA) is 53.6 Å². The summed E-state index contributed by atoms with van der Waals surface area (Å²) in [5, 5.41) is 6.39. The Labute approximate surface area is 126 Å². The van der Waals surface area contributed by atoms with Gasteiger partial charge in [0.1, 0.15) is 5.75 Å². The first-order valence-corrected chi connectivity index (χ1v) is 7.49.